The summed E-state index contributed by atoms with van der Waals surface area (Å²) in [5, 5.41) is 0. The lowest BCUT2D eigenvalue weighted by atomic mass is 9.33. The largest absolute Gasteiger partial charge is 0.311 e. The minimum atomic E-state index is -0.246. The lowest BCUT2D eigenvalue weighted by Gasteiger charge is -2.48. The van der Waals surface area contributed by atoms with E-state index in [1.165, 1.54) is 130 Å². The van der Waals surface area contributed by atoms with Crippen molar-refractivity contribution in [3.05, 3.63) is 208 Å². The molecular formula is C72H77BN2. The van der Waals surface area contributed by atoms with E-state index in [1.54, 1.807) is 0 Å². The smallest absolute Gasteiger partial charge is 0.252 e. The highest BCUT2D eigenvalue weighted by molar-refractivity contribution is 7.00. The minimum Gasteiger partial charge on any atom is -0.311 e. The molecule has 3 heteroatoms. The number of rotatable bonds is 6. The molecule has 8 aromatic carbocycles. The third-order valence-electron chi connectivity index (χ3n) is 18.9. The Balaban J connectivity index is 1.19. The lowest BCUT2D eigenvalue weighted by Crippen LogP contribution is -2.62. The Morgan fingerprint density at radius 2 is 0.920 bits per heavy atom. The molecule has 0 N–H and O–H groups in total. The second-order valence-electron chi connectivity index (χ2n) is 27.2. The molecule has 12 rings (SSSR count). The number of hydrogen-bond acceptors (Lipinski definition) is 2. The molecule has 4 aliphatic rings. The second-order valence-corrected chi connectivity index (χ2v) is 27.2. The van der Waals surface area contributed by atoms with E-state index in [-0.39, 0.29) is 39.2 Å². The summed E-state index contributed by atoms with van der Waals surface area (Å²) < 4.78 is 0. The van der Waals surface area contributed by atoms with Crippen LogP contribution in [0.4, 0.5) is 34.1 Å². The third-order valence-corrected chi connectivity index (χ3v) is 18.9. The van der Waals surface area contributed by atoms with Crippen molar-refractivity contribution >= 4 is 57.2 Å². The number of fused-ring (bicyclic) bond motifs is 6. The molecule has 378 valence electrons. The van der Waals surface area contributed by atoms with Crippen molar-refractivity contribution in [2.24, 2.45) is 0 Å². The van der Waals surface area contributed by atoms with Crippen LogP contribution in [0.3, 0.4) is 0 Å². The summed E-state index contributed by atoms with van der Waals surface area (Å²) in [5.74, 6) is 0. The van der Waals surface area contributed by atoms with Gasteiger partial charge in [0.2, 0.25) is 0 Å². The van der Waals surface area contributed by atoms with Crippen LogP contribution in [-0.2, 0) is 32.5 Å². The molecule has 2 aliphatic carbocycles. The molecule has 0 saturated carbocycles. The Labute approximate surface area is 450 Å². The zero-order chi connectivity index (χ0) is 52.8. The van der Waals surface area contributed by atoms with Gasteiger partial charge in [0.25, 0.3) is 6.71 Å². The van der Waals surface area contributed by atoms with Gasteiger partial charge in [-0.05, 0) is 192 Å². The van der Waals surface area contributed by atoms with Crippen molar-refractivity contribution in [3.8, 4) is 22.3 Å². The molecule has 75 heavy (non-hydrogen) atoms. The Morgan fingerprint density at radius 1 is 0.387 bits per heavy atom. The molecule has 0 spiro atoms. The number of benzene rings is 8. The summed E-state index contributed by atoms with van der Waals surface area (Å²) in [6.07, 6.45) is 4.69. The summed E-state index contributed by atoms with van der Waals surface area (Å²) in [7, 11) is 0. The summed E-state index contributed by atoms with van der Waals surface area (Å²) >= 11 is 0. The normalized spacial score (nSPS) is 17.6. The Bertz CT molecular complexity index is 3580. The van der Waals surface area contributed by atoms with Crippen LogP contribution in [0.2, 0.25) is 0 Å². The van der Waals surface area contributed by atoms with Crippen molar-refractivity contribution in [2.75, 3.05) is 9.80 Å². The maximum absolute atomic E-state index is 2.71. The fourth-order valence-electron chi connectivity index (χ4n) is 13.8. The molecule has 0 atom stereocenters. The van der Waals surface area contributed by atoms with Crippen LogP contribution in [0.1, 0.15) is 160 Å². The average Bonchev–Trinajstić information content (AvgIpc) is 3.44. The Morgan fingerprint density at radius 3 is 1.57 bits per heavy atom. The van der Waals surface area contributed by atoms with Gasteiger partial charge in [-0.25, -0.2) is 0 Å². The van der Waals surface area contributed by atoms with E-state index in [4.69, 9.17) is 0 Å². The first-order chi connectivity index (χ1) is 35.4. The van der Waals surface area contributed by atoms with Gasteiger partial charge in [0, 0.05) is 39.4 Å². The summed E-state index contributed by atoms with van der Waals surface area (Å²) in [6, 6.07) is 64.1. The first kappa shape index (κ1) is 49.3. The van der Waals surface area contributed by atoms with Crippen molar-refractivity contribution in [2.45, 2.75) is 155 Å². The van der Waals surface area contributed by atoms with Crippen LogP contribution in [0, 0.1) is 6.92 Å². The molecule has 2 heterocycles. The Kier molecular flexibility index (Phi) is 11.2. The first-order valence-corrected chi connectivity index (χ1v) is 28.0. The topological polar surface area (TPSA) is 6.48 Å². The molecule has 0 unspecified atom stereocenters. The average molecular weight is 981 g/mol. The van der Waals surface area contributed by atoms with Crippen molar-refractivity contribution < 1.29 is 0 Å². The molecule has 0 radical (unpaired) electrons. The van der Waals surface area contributed by atoms with E-state index in [2.05, 4.69) is 271 Å². The van der Waals surface area contributed by atoms with Gasteiger partial charge in [-0.1, -0.05) is 199 Å². The summed E-state index contributed by atoms with van der Waals surface area (Å²) in [5.41, 5.74) is 27.7. The third kappa shape index (κ3) is 7.96. The van der Waals surface area contributed by atoms with Crippen LogP contribution < -0.4 is 26.2 Å². The van der Waals surface area contributed by atoms with E-state index >= 15 is 0 Å². The van der Waals surface area contributed by atoms with Gasteiger partial charge in [-0.15, -0.1) is 0 Å². The van der Waals surface area contributed by atoms with E-state index in [0.717, 1.165) is 12.8 Å². The zero-order valence-corrected chi connectivity index (χ0v) is 47.4. The van der Waals surface area contributed by atoms with Crippen LogP contribution in [0.5, 0.6) is 0 Å². The predicted molar refractivity (Wildman–Crippen MR) is 324 cm³/mol. The highest BCUT2D eigenvalue weighted by Crippen LogP contribution is 2.54. The molecule has 0 aromatic heterocycles. The molecule has 2 nitrogen and oxygen atoms in total. The van der Waals surface area contributed by atoms with Gasteiger partial charge in [0.1, 0.15) is 0 Å². The summed E-state index contributed by atoms with van der Waals surface area (Å²) in [4.78, 5) is 5.38. The second kappa shape index (κ2) is 17.0. The van der Waals surface area contributed by atoms with Crippen molar-refractivity contribution in [1.29, 1.82) is 0 Å². The SMILES string of the molecule is Cc1cc2c3c(c1)N(c1ccc(C(C)(C)C)cc1-c1cccc(-c4ccccc4)c1)c1ccc(C(C)(C)c4ccccc4)cc1B3c1cc3c(cc1N2c1ccc2c(c1)C(C)(C)CCC2(C)C)C(C)(C)CCC3(C)C. The predicted octanol–water partition coefficient (Wildman–Crippen LogP) is 17.7. The number of aryl methyl sites for hydroxylation is 1. The fraction of sp³-hybridized carbons (Fsp3) is 0.333. The van der Waals surface area contributed by atoms with Crippen LogP contribution in [0.25, 0.3) is 22.3 Å². The molecule has 0 bridgehead atoms. The minimum absolute atomic E-state index is 0.0162. The van der Waals surface area contributed by atoms with E-state index in [9.17, 15) is 0 Å². The summed E-state index contributed by atoms with van der Waals surface area (Å²) in [6.45, 7) is 34.0. The quantitative estimate of drug-likeness (QED) is 0.153. The fourth-order valence-corrected chi connectivity index (χ4v) is 13.8. The van der Waals surface area contributed by atoms with Gasteiger partial charge in [0.05, 0.1) is 5.69 Å². The highest BCUT2D eigenvalue weighted by Gasteiger charge is 2.48. The van der Waals surface area contributed by atoms with Crippen molar-refractivity contribution in [3.63, 3.8) is 0 Å². The van der Waals surface area contributed by atoms with Gasteiger partial charge in [-0.2, -0.15) is 0 Å². The van der Waals surface area contributed by atoms with E-state index < -0.39 is 0 Å². The molecule has 0 saturated heterocycles. The van der Waals surface area contributed by atoms with Crippen molar-refractivity contribution in [1.82, 2.24) is 0 Å². The molecule has 0 fully saturated rings. The first-order valence-electron chi connectivity index (χ1n) is 28.0. The maximum atomic E-state index is 2.71. The van der Waals surface area contributed by atoms with Gasteiger partial charge < -0.3 is 9.80 Å². The monoisotopic (exact) mass is 981 g/mol. The van der Waals surface area contributed by atoms with E-state index in [1.807, 2.05) is 0 Å². The lowest BCUT2D eigenvalue weighted by molar-refractivity contribution is 0.332. The van der Waals surface area contributed by atoms with Crippen LogP contribution in [-0.4, -0.2) is 6.71 Å². The maximum Gasteiger partial charge on any atom is 0.252 e. The van der Waals surface area contributed by atoms with Crippen LogP contribution >= 0.6 is 0 Å². The molecular weight excluding hydrogens is 904 g/mol. The molecule has 0 amide bonds. The number of nitrogens with zero attached hydrogens (tertiary/aromatic N) is 2. The molecule has 8 aromatic rings. The molecule has 2 aliphatic heterocycles. The standard InChI is InChI=1S/C72H77BN2/c1-46-38-64-66-65(39-46)75(61-32-28-51(67(2,3)4)41-54(61)49-25-21-24-48(40-49)47-22-17-15-18-23-47)62-33-29-52(72(13,14)50-26-19-16-20-27-50)42-59(62)73(66)60-44-57-58(71(11,12)37-36-70(57,9)10)45-63(60)74(64)53-30-31-55-56(43-53)69(7,8)35-34-68(55,5)6/h15-33,38-45H,34-37H2,1-14H3. The van der Waals surface area contributed by atoms with Gasteiger partial charge in [-0.3, -0.25) is 0 Å². The van der Waals surface area contributed by atoms with Gasteiger partial charge in [0.15, 0.2) is 0 Å². The van der Waals surface area contributed by atoms with Gasteiger partial charge >= 0.3 is 0 Å². The highest BCUT2D eigenvalue weighted by atomic mass is 15.2. The Hall–Kier alpha value is -6.58. The number of anilines is 6. The van der Waals surface area contributed by atoms with Crippen LogP contribution in [0.15, 0.2) is 164 Å². The zero-order valence-electron chi connectivity index (χ0n) is 47.4. The van der Waals surface area contributed by atoms with E-state index in [0.29, 0.717) is 0 Å². The number of hydrogen-bond donors (Lipinski definition) is 0.